The van der Waals surface area contributed by atoms with Crippen LogP contribution in [0.15, 0.2) is 39.5 Å². The van der Waals surface area contributed by atoms with Crippen LogP contribution in [-0.4, -0.2) is 172 Å². The number of benzene rings is 2. The molecule has 20 heteroatoms. The molecule has 2 aliphatic rings. The lowest BCUT2D eigenvalue weighted by Gasteiger charge is -2.42. The first-order chi connectivity index (χ1) is 26.4. The van der Waals surface area contributed by atoms with Crippen molar-refractivity contribution in [2.75, 3.05) is 59.5 Å². The predicted octanol–water partition coefficient (Wildman–Crippen LogP) is -3.03. The maximum Gasteiger partial charge on any atom is 0.239 e. The lowest BCUT2D eigenvalue weighted by atomic mass is 9.98. The highest BCUT2D eigenvalue weighted by Gasteiger charge is 2.48. The third-order valence-electron chi connectivity index (χ3n) is 8.64. The molecule has 2 aliphatic heterocycles. The standard InChI is InChI=1S/C35H46O20/c1-16-25(40)28(43)30(45)34(52-16)51-15-23-26(41)29(44)31(46)35(54-23)55-33-27(42)24-21(50-11-7-39)13-18(47-8-4-36)14-22(24)53-32(33)17-2-3-19(48-9-5-37)20(12-17)49-10-6-38/h2-3,12-14,16,23,25-26,28-31,34-41,43-46H,4-11,15H2,1H3/t16-,23+,25-,26+,28+,29-,30+,31+,34?,35-/m0/s1. The number of aliphatic hydroxyl groups excluding tert-OH is 10. The first-order valence-electron chi connectivity index (χ1n) is 17.3. The topological polar surface area (TPSA) is 306 Å². The van der Waals surface area contributed by atoms with Crippen molar-refractivity contribution in [3.05, 3.63) is 40.6 Å². The van der Waals surface area contributed by atoms with Crippen LogP contribution < -0.4 is 29.1 Å². The Morgan fingerprint density at radius 3 is 1.91 bits per heavy atom. The van der Waals surface area contributed by atoms with Crippen LogP contribution in [0.3, 0.4) is 0 Å². The lowest BCUT2D eigenvalue weighted by molar-refractivity contribution is -0.318. The van der Waals surface area contributed by atoms with Crippen LogP contribution >= 0.6 is 0 Å². The highest BCUT2D eigenvalue weighted by atomic mass is 16.7. The van der Waals surface area contributed by atoms with Gasteiger partial charge in [0.1, 0.15) is 91.6 Å². The van der Waals surface area contributed by atoms with Gasteiger partial charge in [0.2, 0.25) is 17.5 Å². The number of aliphatic hydroxyl groups is 10. The van der Waals surface area contributed by atoms with Gasteiger partial charge in [0.25, 0.3) is 0 Å². The summed E-state index contributed by atoms with van der Waals surface area (Å²) in [6.07, 6.45) is -16.3. The van der Waals surface area contributed by atoms with Crippen molar-refractivity contribution in [1.29, 1.82) is 0 Å². The molecule has 306 valence electrons. The first kappa shape index (κ1) is 42.3. The van der Waals surface area contributed by atoms with Crippen LogP contribution in [0.25, 0.3) is 22.3 Å². The molecule has 0 saturated carbocycles. The molecule has 2 aromatic carbocycles. The lowest BCUT2D eigenvalue weighted by Crippen LogP contribution is -2.61. The van der Waals surface area contributed by atoms with Crippen LogP contribution in [0.4, 0.5) is 0 Å². The van der Waals surface area contributed by atoms with E-state index in [2.05, 4.69) is 0 Å². The smallest absolute Gasteiger partial charge is 0.239 e. The molecule has 20 nitrogen and oxygen atoms in total. The fourth-order valence-electron chi connectivity index (χ4n) is 5.86. The Hall–Kier alpha value is -3.87. The third-order valence-corrected chi connectivity index (χ3v) is 8.64. The first-order valence-corrected chi connectivity index (χ1v) is 17.3. The van der Waals surface area contributed by atoms with E-state index in [1.54, 1.807) is 0 Å². The van der Waals surface area contributed by atoms with Crippen LogP contribution in [0.2, 0.25) is 0 Å². The molecule has 2 fully saturated rings. The van der Waals surface area contributed by atoms with Crippen molar-refractivity contribution in [2.45, 2.75) is 68.3 Å². The van der Waals surface area contributed by atoms with Gasteiger partial charge in [-0.15, -0.1) is 0 Å². The summed E-state index contributed by atoms with van der Waals surface area (Å²) in [4.78, 5) is 14.5. The zero-order chi connectivity index (χ0) is 39.8. The summed E-state index contributed by atoms with van der Waals surface area (Å²) in [5, 5.41) is 101. The second kappa shape index (κ2) is 19.3. The molecule has 3 heterocycles. The molecule has 1 unspecified atom stereocenters. The maximum atomic E-state index is 14.5. The van der Waals surface area contributed by atoms with Gasteiger partial charge in [-0.2, -0.15) is 0 Å². The van der Waals surface area contributed by atoms with Crippen LogP contribution in [0, 0.1) is 0 Å². The molecule has 1 aromatic heterocycles. The number of hydrogen-bond donors (Lipinski definition) is 10. The van der Waals surface area contributed by atoms with Crippen molar-refractivity contribution < 1.29 is 93.4 Å². The Balaban J connectivity index is 1.58. The third kappa shape index (κ3) is 9.57. The molecule has 3 aromatic rings. The highest BCUT2D eigenvalue weighted by molar-refractivity contribution is 5.89. The van der Waals surface area contributed by atoms with Crippen molar-refractivity contribution in [3.63, 3.8) is 0 Å². The largest absolute Gasteiger partial charge is 0.491 e. The second-order valence-corrected chi connectivity index (χ2v) is 12.5. The Kier molecular flexibility index (Phi) is 14.9. The molecule has 10 N–H and O–H groups in total. The van der Waals surface area contributed by atoms with E-state index in [4.69, 9.17) is 42.3 Å². The molecular weight excluding hydrogens is 740 g/mol. The summed E-state index contributed by atoms with van der Waals surface area (Å²) in [5.41, 5.74) is -0.906. The van der Waals surface area contributed by atoms with Gasteiger partial charge >= 0.3 is 0 Å². The van der Waals surface area contributed by atoms with Crippen LogP contribution in [-0.2, 0) is 14.2 Å². The number of fused-ring (bicyclic) bond motifs is 1. The van der Waals surface area contributed by atoms with Crippen molar-refractivity contribution in [2.24, 2.45) is 0 Å². The van der Waals surface area contributed by atoms with Gasteiger partial charge in [0, 0.05) is 17.7 Å². The monoisotopic (exact) mass is 786 g/mol. The van der Waals surface area contributed by atoms with Crippen molar-refractivity contribution in [1.82, 2.24) is 0 Å². The molecule has 0 spiro atoms. The summed E-state index contributed by atoms with van der Waals surface area (Å²) in [7, 11) is 0. The maximum absolute atomic E-state index is 14.5. The summed E-state index contributed by atoms with van der Waals surface area (Å²) < 4.78 is 51.4. The minimum atomic E-state index is -1.99. The molecular formula is C35H46O20. The Morgan fingerprint density at radius 2 is 1.24 bits per heavy atom. The van der Waals surface area contributed by atoms with Gasteiger partial charge < -0.3 is 93.4 Å². The van der Waals surface area contributed by atoms with E-state index in [0.29, 0.717) is 0 Å². The molecule has 5 rings (SSSR count). The molecule has 0 aliphatic carbocycles. The minimum absolute atomic E-state index is 0.0597. The van der Waals surface area contributed by atoms with Gasteiger partial charge in [-0.25, -0.2) is 0 Å². The Bertz CT molecular complexity index is 1750. The van der Waals surface area contributed by atoms with Crippen LogP contribution in [0.5, 0.6) is 28.7 Å². The summed E-state index contributed by atoms with van der Waals surface area (Å²) in [5.74, 6) is -0.686. The van der Waals surface area contributed by atoms with Gasteiger partial charge in [-0.05, 0) is 25.1 Å². The zero-order valence-corrected chi connectivity index (χ0v) is 29.6. The number of hydrogen-bond acceptors (Lipinski definition) is 20. The summed E-state index contributed by atoms with van der Waals surface area (Å²) >= 11 is 0. The van der Waals surface area contributed by atoms with E-state index in [1.165, 1.54) is 37.3 Å². The molecule has 10 atom stereocenters. The molecule has 55 heavy (non-hydrogen) atoms. The normalized spacial score (nSPS) is 28.2. The van der Waals surface area contributed by atoms with Crippen molar-refractivity contribution >= 4 is 11.0 Å². The average molecular weight is 787 g/mol. The number of ether oxygens (including phenoxy) is 8. The van der Waals surface area contributed by atoms with Gasteiger partial charge in [-0.3, -0.25) is 4.79 Å². The molecule has 0 amide bonds. The van der Waals surface area contributed by atoms with Gasteiger partial charge in [0.05, 0.1) is 39.1 Å². The predicted molar refractivity (Wildman–Crippen MR) is 184 cm³/mol. The van der Waals surface area contributed by atoms with Gasteiger partial charge in [-0.1, -0.05) is 0 Å². The van der Waals surface area contributed by atoms with Gasteiger partial charge in [0.15, 0.2) is 23.5 Å². The fraction of sp³-hybridized carbons (Fsp3) is 0.571. The van der Waals surface area contributed by atoms with E-state index in [9.17, 15) is 55.9 Å². The molecule has 0 radical (unpaired) electrons. The average Bonchev–Trinajstić information content (AvgIpc) is 3.18. The van der Waals surface area contributed by atoms with E-state index in [-0.39, 0.29) is 91.5 Å². The summed E-state index contributed by atoms with van der Waals surface area (Å²) in [6.45, 7) is -1.34. The summed E-state index contributed by atoms with van der Waals surface area (Å²) in [6, 6.07) is 6.91. The SMILES string of the molecule is C[C@@H]1OC(OC[C@H]2O[C@@H](Oc3c(-c4ccc(OCCO)c(OCCO)c4)oc4cc(OCCO)cc(OCCO)c4c3=O)[C@H](O)[C@@H](O)[C@@H]2O)[C@H](O)[C@H](O)[C@H]1O. The Labute approximate surface area is 312 Å². The van der Waals surface area contributed by atoms with Crippen LogP contribution in [0.1, 0.15) is 6.92 Å². The van der Waals surface area contributed by atoms with E-state index < -0.39 is 85.8 Å². The molecule has 2 saturated heterocycles. The van der Waals surface area contributed by atoms with E-state index >= 15 is 0 Å². The fourth-order valence-corrected chi connectivity index (χ4v) is 5.86. The zero-order valence-electron chi connectivity index (χ0n) is 29.6. The highest BCUT2D eigenvalue weighted by Crippen LogP contribution is 2.41. The molecule has 0 bridgehead atoms. The minimum Gasteiger partial charge on any atom is -0.491 e. The van der Waals surface area contributed by atoms with Crippen molar-refractivity contribution in [3.8, 4) is 40.1 Å². The number of rotatable bonds is 18. The quantitative estimate of drug-likeness (QED) is 0.0613. The van der Waals surface area contributed by atoms with E-state index in [0.717, 1.165) is 0 Å². The Morgan fingerprint density at radius 1 is 0.636 bits per heavy atom. The van der Waals surface area contributed by atoms with E-state index in [1.807, 2.05) is 0 Å². The second-order valence-electron chi connectivity index (χ2n) is 12.5.